The van der Waals surface area contributed by atoms with Gasteiger partial charge in [-0.3, -0.25) is 10.7 Å². The molecule has 2 heterocycles. The zero-order valence-electron chi connectivity index (χ0n) is 18.0. The van der Waals surface area contributed by atoms with Crippen molar-refractivity contribution in [3.05, 3.63) is 93.6 Å². The molecule has 1 aromatic heterocycles. The van der Waals surface area contributed by atoms with Crippen LogP contribution in [-0.4, -0.2) is 39.2 Å². The molecule has 7 nitrogen and oxygen atoms in total. The third kappa shape index (κ3) is 6.14. The Balaban J connectivity index is 0.000000302. The van der Waals surface area contributed by atoms with Crippen molar-refractivity contribution >= 4 is 67.4 Å². The number of anilines is 1. The number of carbonyl (C=O) groups excluding carboxylic acids is 1. The summed E-state index contributed by atoms with van der Waals surface area (Å²) >= 11 is 12.6. The van der Waals surface area contributed by atoms with Crippen molar-refractivity contribution in [1.82, 2.24) is 0 Å². The summed E-state index contributed by atoms with van der Waals surface area (Å²) in [6.07, 6.45) is 3.82. The molecule has 0 spiro atoms. The monoisotopic (exact) mass is 532 g/mol. The van der Waals surface area contributed by atoms with Gasteiger partial charge in [0, 0.05) is 52.4 Å². The van der Waals surface area contributed by atoms with Crippen molar-refractivity contribution in [1.29, 1.82) is 0 Å². The minimum absolute atomic E-state index is 0.0121. The first kappa shape index (κ1) is 25.7. The first-order chi connectivity index (χ1) is 16.1. The largest absolute Gasteiger partial charge is 0.763 e. The van der Waals surface area contributed by atoms with Crippen LogP contribution in [0.25, 0.3) is 5.41 Å². The second-order valence-corrected chi connectivity index (χ2v) is 10.5. The fraction of sp³-hybridized carbons (Fsp3) is 0.0870. The molecular formula is C23H18Cl2N4O3S2. The van der Waals surface area contributed by atoms with Gasteiger partial charge in [-0.1, -0.05) is 35.0 Å². The number of thioether (sulfide) groups is 1. The van der Waals surface area contributed by atoms with Crippen LogP contribution >= 0.6 is 35.0 Å². The Morgan fingerprint density at radius 2 is 1.65 bits per heavy atom. The average Bonchev–Trinajstić information content (AvgIpc) is 2.80. The zero-order chi connectivity index (χ0) is 24.9. The molecule has 0 radical (unpaired) electrons. The lowest BCUT2D eigenvalue weighted by Crippen LogP contribution is -2.17. The van der Waals surface area contributed by atoms with Gasteiger partial charge in [-0.15, -0.1) is 0 Å². The van der Waals surface area contributed by atoms with Crippen LogP contribution in [0, 0.1) is 0 Å². The molecule has 34 heavy (non-hydrogen) atoms. The predicted octanol–water partition coefficient (Wildman–Crippen LogP) is 4.80. The number of carbonyl (C=O) groups is 1. The number of hydrogen-bond donors (Lipinski definition) is 0. The molecule has 0 unspecified atom stereocenters. The van der Waals surface area contributed by atoms with Crippen molar-refractivity contribution in [2.75, 3.05) is 19.0 Å². The van der Waals surface area contributed by atoms with E-state index in [9.17, 15) is 18.6 Å². The third-order valence-electron chi connectivity index (χ3n) is 4.47. The van der Waals surface area contributed by atoms with E-state index in [4.69, 9.17) is 23.2 Å². The second-order valence-electron chi connectivity index (χ2n) is 7.04. The summed E-state index contributed by atoms with van der Waals surface area (Å²) in [7, 11) is 0.0240. The van der Waals surface area contributed by atoms with Crippen LogP contribution in [0.2, 0.25) is 10.0 Å². The molecule has 4 rings (SSSR count). The Hall–Kier alpha value is -2.94. The third-order valence-corrected chi connectivity index (χ3v) is 7.58. The van der Waals surface area contributed by atoms with Crippen LogP contribution in [0.15, 0.2) is 86.8 Å². The fourth-order valence-electron chi connectivity index (χ4n) is 2.77. The second kappa shape index (κ2) is 11.0. The summed E-state index contributed by atoms with van der Waals surface area (Å²) in [5, 5.41) is 9.98. The average molecular weight is 533 g/mol. The molecule has 0 aliphatic carbocycles. The Morgan fingerprint density at radius 3 is 2.21 bits per heavy atom. The topological polar surface area (TPSA) is 103 Å². The van der Waals surface area contributed by atoms with Crippen LogP contribution in [0.1, 0.15) is 10.4 Å². The maximum Gasteiger partial charge on any atom is 0.284 e. The molecule has 1 N–H and O–H groups in total. The number of nitrogens with zero attached hydrogens (tertiary/aromatic N) is 3. The van der Waals surface area contributed by atoms with Gasteiger partial charge in [0.1, 0.15) is 9.94 Å². The Labute approximate surface area is 211 Å². The number of pyridine rings is 1. The lowest BCUT2D eigenvalue weighted by molar-refractivity contribution is -0.377. The SMILES string of the molecule is CN(C)c1cc[nH+]cc1.[N-]=C=C(C(=O)c1ccc(Cl)cc1)C1=NS(=O)(=O)c2ccc(Cl)cc2S1. The highest BCUT2D eigenvalue weighted by molar-refractivity contribution is 8.16. The van der Waals surface area contributed by atoms with Gasteiger partial charge in [0.05, 0.1) is 5.57 Å². The van der Waals surface area contributed by atoms with Crippen LogP contribution in [0.3, 0.4) is 0 Å². The quantitative estimate of drug-likeness (QED) is 0.272. The van der Waals surface area contributed by atoms with E-state index in [0.29, 0.717) is 14.9 Å². The summed E-state index contributed by atoms with van der Waals surface area (Å²) in [6, 6.07) is 14.2. The van der Waals surface area contributed by atoms with E-state index in [1.807, 2.05) is 38.6 Å². The molecule has 0 saturated carbocycles. The zero-order valence-corrected chi connectivity index (χ0v) is 21.1. The maximum atomic E-state index is 12.6. The van der Waals surface area contributed by atoms with Crippen LogP contribution in [-0.2, 0) is 10.0 Å². The first-order valence-electron chi connectivity index (χ1n) is 9.66. The molecular weight excluding hydrogens is 515 g/mol. The molecule has 0 atom stereocenters. The highest BCUT2D eigenvalue weighted by Crippen LogP contribution is 2.38. The van der Waals surface area contributed by atoms with Gasteiger partial charge in [0.15, 0.2) is 12.4 Å². The smallest absolute Gasteiger partial charge is 0.284 e. The van der Waals surface area contributed by atoms with Crippen molar-refractivity contribution in [2.24, 2.45) is 4.40 Å². The van der Waals surface area contributed by atoms with Crippen LogP contribution < -0.4 is 9.88 Å². The maximum absolute atomic E-state index is 12.6. The van der Waals surface area contributed by atoms with Crippen molar-refractivity contribution in [3.63, 3.8) is 0 Å². The summed E-state index contributed by atoms with van der Waals surface area (Å²) in [4.78, 5) is 17.9. The Morgan fingerprint density at radius 1 is 1.03 bits per heavy atom. The summed E-state index contributed by atoms with van der Waals surface area (Å²) < 4.78 is 28.3. The first-order valence-corrected chi connectivity index (χ1v) is 12.7. The van der Waals surface area contributed by atoms with Crippen LogP contribution in [0.4, 0.5) is 5.69 Å². The minimum atomic E-state index is -4.02. The number of Topliss-reactive ketones (excluding diaryl/α,β-unsaturated/α-hetero) is 1. The number of fused-ring (bicyclic) bond motifs is 1. The fourth-order valence-corrected chi connectivity index (χ4v) is 5.78. The Bertz CT molecular complexity index is 1400. The van der Waals surface area contributed by atoms with Crippen LogP contribution in [0.5, 0.6) is 0 Å². The summed E-state index contributed by atoms with van der Waals surface area (Å²) in [5.74, 6) is 1.12. The highest BCUT2D eigenvalue weighted by atomic mass is 35.5. The number of sulfonamides is 1. The number of nitrogens with one attached hydrogen (secondary N) is 1. The van der Waals surface area contributed by atoms with E-state index in [1.165, 1.54) is 48.2 Å². The molecule has 11 heteroatoms. The predicted molar refractivity (Wildman–Crippen MR) is 137 cm³/mol. The number of benzene rings is 2. The molecule has 0 fully saturated rings. The van der Waals surface area contributed by atoms with Gasteiger partial charge in [0.25, 0.3) is 10.0 Å². The van der Waals surface area contributed by atoms with Gasteiger partial charge >= 0.3 is 0 Å². The van der Waals surface area contributed by atoms with Crippen molar-refractivity contribution in [2.45, 2.75) is 9.79 Å². The van der Waals surface area contributed by atoms with Gasteiger partial charge in [-0.05, 0) is 42.5 Å². The number of halogens is 2. The number of H-pyrrole nitrogens is 1. The van der Waals surface area contributed by atoms with E-state index < -0.39 is 15.8 Å². The van der Waals surface area contributed by atoms with E-state index >= 15 is 0 Å². The number of hydrogen-bond acceptors (Lipinski definition) is 5. The molecule has 0 saturated heterocycles. The molecule has 174 valence electrons. The van der Waals surface area contributed by atoms with Gasteiger partial charge in [0.2, 0.25) is 5.78 Å². The normalized spacial score (nSPS) is 13.4. The lowest BCUT2D eigenvalue weighted by atomic mass is 10.1. The molecule has 0 bridgehead atoms. The number of aromatic amines is 1. The molecule has 1 aliphatic rings. The summed E-state index contributed by atoms with van der Waals surface area (Å²) in [5.41, 5.74) is 1.06. The Kier molecular flexibility index (Phi) is 8.30. The van der Waals surface area contributed by atoms with Gasteiger partial charge < -0.3 is 10.3 Å². The number of rotatable bonds is 4. The molecule has 0 amide bonds. The van der Waals surface area contributed by atoms with E-state index in [1.54, 1.807) is 5.87 Å². The van der Waals surface area contributed by atoms with Gasteiger partial charge in [-0.25, -0.2) is 4.98 Å². The van der Waals surface area contributed by atoms with E-state index in [-0.39, 0.29) is 21.1 Å². The molecule has 2 aromatic carbocycles. The number of aromatic nitrogens is 1. The van der Waals surface area contributed by atoms with E-state index in [0.717, 1.165) is 11.8 Å². The summed E-state index contributed by atoms with van der Waals surface area (Å²) in [6.45, 7) is 0. The van der Waals surface area contributed by atoms with Crippen molar-refractivity contribution in [3.8, 4) is 0 Å². The molecule has 3 aromatic rings. The van der Waals surface area contributed by atoms with Crippen molar-refractivity contribution < 1.29 is 18.2 Å². The minimum Gasteiger partial charge on any atom is -0.763 e. The standard InChI is InChI=1S/C16H7Cl2N2O3S2.C7H10N2/c17-10-3-1-9(2-4-10)15(21)12(8-19)16-20-25(22,23)14-6-5-11(18)7-13(14)24-16;1-9(2)7-3-5-8-6-4-7/h1-7H;3-6H,1-2H3/q-1;/p+1. The molecule has 1 aliphatic heterocycles. The lowest BCUT2D eigenvalue weighted by Gasteiger charge is -2.17. The number of ketones is 1. The van der Waals surface area contributed by atoms with Gasteiger partial charge in [-0.2, -0.15) is 12.8 Å². The highest BCUT2D eigenvalue weighted by Gasteiger charge is 2.29. The van der Waals surface area contributed by atoms with E-state index in [2.05, 4.69) is 14.3 Å².